The smallest absolute Gasteiger partial charge is 0.260 e. The maximum absolute atomic E-state index is 11.9. The van der Waals surface area contributed by atoms with Gasteiger partial charge in [-0.15, -0.1) is 12.4 Å². The van der Waals surface area contributed by atoms with Crippen LogP contribution in [-0.4, -0.2) is 31.6 Å². The van der Waals surface area contributed by atoms with Crippen molar-refractivity contribution in [1.29, 1.82) is 0 Å². The van der Waals surface area contributed by atoms with Gasteiger partial charge < -0.3 is 15.4 Å². The first kappa shape index (κ1) is 19.0. The van der Waals surface area contributed by atoms with E-state index in [4.69, 9.17) is 16.3 Å². The van der Waals surface area contributed by atoms with E-state index in [1.165, 1.54) is 0 Å². The maximum atomic E-state index is 11.9. The summed E-state index contributed by atoms with van der Waals surface area (Å²) in [6.45, 7) is 6.20. The number of carbonyl (C=O) groups is 1. The third-order valence-corrected chi connectivity index (χ3v) is 3.15. The molecule has 6 heteroatoms. The average Bonchev–Trinajstić information content (AvgIpc) is 2.39. The van der Waals surface area contributed by atoms with Crippen LogP contribution in [0.25, 0.3) is 0 Å². The molecular formula is C14H22Cl2N2O2. The van der Waals surface area contributed by atoms with E-state index in [0.29, 0.717) is 17.3 Å². The number of likely N-dealkylation sites (N-methyl/N-ethyl adjacent to an activating group) is 1. The molecule has 1 rings (SSSR count). The number of hydrogen-bond donors (Lipinski definition) is 2. The molecule has 2 unspecified atom stereocenters. The first-order valence-corrected chi connectivity index (χ1v) is 6.69. The van der Waals surface area contributed by atoms with Crippen LogP contribution in [0.1, 0.15) is 19.4 Å². The molecule has 20 heavy (non-hydrogen) atoms. The summed E-state index contributed by atoms with van der Waals surface area (Å²) in [6, 6.07) is 5.70. The van der Waals surface area contributed by atoms with Gasteiger partial charge in [0.15, 0.2) is 6.10 Å². The van der Waals surface area contributed by atoms with Crippen molar-refractivity contribution in [3.63, 3.8) is 0 Å². The van der Waals surface area contributed by atoms with Gasteiger partial charge in [0.25, 0.3) is 5.91 Å². The Hall–Kier alpha value is -0.970. The van der Waals surface area contributed by atoms with Crippen molar-refractivity contribution in [3.05, 3.63) is 28.8 Å². The van der Waals surface area contributed by atoms with E-state index < -0.39 is 6.10 Å². The maximum Gasteiger partial charge on any atom is 0.260 e. The van der Waals surface area contributed by atoms with Gasteiger partial charge in [0.05, 0.1) is 5.02 Å². The van der Waals surface area contributed by atoms with Crippen LogP contribution in [0.4, 0.5) is 0 Å². The highest BCUT2D eigenvalue weighted by Crippen LogP contribution is 2.26. The fourth-order valence-corrected chi connectivity index (χ4v) is 1.61. The lowest BCUT2D eigenvalue weighted by molar-refractivity contribution is -0.127. The van der Waals surface area contributed by atoms with E-state index in [-0.39, 0.29) is 24.4 Å². The van der Waals surface area contributed by atoms with Crippen LogP contribution in [-0.2, 0) is 4.79 Å². The van der Waals surface area contributed by atoms with Gasteiger partial charge in [-0.25, -0.2) is 0 Å². The highest BCUT2D eigenvalue weighted by Gasteiger charge is 2.16. The van der Waals surface area contributed by atoms with Gasteiger partial charge in [0.2, 0.25) is 0 Å². The summed E-state index contributed by atoms with van der Waals surface area (Å²) in [5, 5.41) is 6.37. The van der Waals surface area contributed by atoms with E-state index in [1.54, 1.807) is 13.0 Å². The second-order valence-electron chi connectivity index (χ2n) is 4.63. The molecule has 0 aliphatic heterocycles. The number of ether oxygens (including phenoxy) is 1. The topological polar surface area (TPSA) is 50.4 Å². The Balaban J connectivity index is 0.00000361. The van der Waals surface area contributed by atoms with E-state index >= 15 is 0 Å². The number of amides is 1. The molecule has 2 N–H and O–H groups in total. The minimum Gasteiger partial charge on any atom is -0.479 e. The number of halogens is 2. The van der Waals surface area contributed by atoms with Crippen molar-refractivity contribution in [1.82, 2.24) is 10.6 Å². The number of carbonyl (C=O) groups excluding carboxylic acids is 1. The van der Waals surface area contributed by atoms with Gasteiger partial charge in [0, 0.05) is 12.6 Å². The largest absolute Gasteiger partial charge is 0.479 e. The first-order chi connectivity index (χ1) is 8.93. The zero-order chi connectivity index (χ0) is 14.4. The third kappa shape index (κ3) is 5.99. The number of rotatable bonds is 6. The van der Waals surface area contributed by atoms with Gasteiger partial charge in [-0.2, -0.15) is 0 Å². The Labute approximate surface area is 131 Å². The van der Waals surface area contributed by atoms with Crippen molar-refractivity contribution >= 4 is 29.9 Å². The SMILES string of the molecule is CNC(C)CNC(=O)C(C)Oc1cc(C)ccc1Cl.Cl. The van der Waals surface area contributed by atoms with E-state index in [0.717, 1.165) is 5.56 Å². The molecule has 0 fully saturated rings. The summed E-state index contributed by atoms with van der Waals surface area (Å²) in [5.74, 6) is 0.380. The molecule has 2 atom stereocenters. The van der Waals surface area contributed by atoms with Crippen LogP contribution in [0.3, 0.4) is 0 Å². The van der Waals surface area contributed by atoms with Gasteiger partial charge in [0.1, 0.15) is 5.75 Å². The van der Waals surface area contributed by atoms with Crippen LogP contribution in [0.5, 0.6) is 5.75 Å². The summed E-state index contributed by atoms with van der Waals surface area (Å²) in [6.07, 6.45) is -0.580. The van der Waals surface area contributed by atoms with E-state index in [9.17, 15) is 4.79 Å². The predicted molar refractivity (Wildman–Crippen MR) is 85.1 cm³/mol. The fraction of sp³-hybridized carbons (Fsp3) is 0.500. The molecule has 0 spiro atoms. The molecule has 0 heterocycles. The summed E-state index contributed by atoms with van der Waals surface area (Å²) >= 11 is 6.03. The monoisotopic (exact) mass is 320 g/mol. The Bertz CT molecular complexity index is 441. The summed E-state index contributed by atoms with van der Waals surface area (Å²) < 4.78 is 5.59. The van der Waals surface area contributed by atoms with Crippen LogP contribution < -0.4 is 15.4 Å². The van der Waals surface area contributed by atoms with Gasteiger partial charge in [-0.1, -0.05) is 17.7 Å². The minimum absolute atomic E-state index is 0. The van der Waals surface area contributed by atoms with Crippen molar-refractivity contribution in [2.75, 3.05) is 13.6 Å². The zero-order valence-electron chi connectivity index (χ0n) is 12.2. The zero-order valence-corrected chi connectivity index (χ0v) is 13.8. The van der Waals surface area contributed by atoms with Crippen LogP contribution >= 0.6 is 24.0 Å². The second kappa shape index (κ2) is 9.06. The third-order valence-electron chi connectivity index (χ3n) is 2.83. The Kier molecular flexibility index (Phi) is 8.62. The van der Waals surface area contributed by atoms with Crippen molar-refractivity contribution in [3.8, 4) is 5.75 Å². The lowest BCUT2D eigenvalue weighted by atomic mass is 10.2. The molecule has 114 valence electrons. The molecule has 0 aliphatic carbocycles. The van der Waals surface area contributed by atoms with Crippen molar-refractivity contribution < 1.29 is 9.53 Å². The van der Waals surface area contributed by atoms with Crippen molar-refractivity contribution in [2.45, 2.75) is 32.9 Å². The summed E-state index contributed by atoms with van der Waals surface area (Å²) in [5.41, 5.74) is 1.04. The standard InChI is InChI=1S/C14H21ClN2O2.ClH/c1-9-5-6-12(15)13(7-9)19-11(3)14(18)17-8-10(2)16-4;/h5-7,10-11,16H,8H2,1-4H3,(H,17,18);1H. The number of nitrogens with one attached hydrogen (secondary N) is 2. The molecule has 1 aromatic rings. The number of benzene rings is 1. The molecule has 0 aromatic heterocycles. The highest BCUT2D eigenvalue weighted by atomic mass is 35.5. The molecule has 1 aromatic carbocycles. The number of hydrogen-bond acceptors (Lipinski definition) is 3. The average molecular weight is 321 g/mol. The van der Waals surface area contributed by atoms with Gasteiger partial charge in [-0.3, -0.25) is 4.79 Å². The van der Waals surface area contributed by atoms with E-state index in [1.807, 2.05) is 33.0 Å². The van der Waals surface area contributed by atoms with Gasteiger partial charge in [-0.05, 0) is 45.5 Å². The molecule has 0 radical (unpaired) electrons. The molecule has 0 bridgehead atoms. The van der Waals surface area contributed by atoms with Crippen molar-refractivity contribution in [2.24, 2.45) is 0 Å². The fourth-order valence-electron chi connectivity index (χ4n) is 1.44. The lowest BCUT2D eigenvalue weighted by Gasteiger charge is -2.17. The molecule has 1 amide bonds. The number of aryl methyl sites for hydroxylation is 1. The molecule has 0 aliphatic rings. The molecule has 0 saturated carbocycles. The summed E-state index contributed by atoms with van der Waals surface area (Å²) in [7, 11) is 1.85. The normalized spacial score (nSPS) is 13.1. The molecule has 0 saturated heterocycles. The van der Waals surface area contributed by atoms with Gasteiger partial charge >= 0.3 is 0 Å². The van der Waals surface area contributed by atoms with Crippen LogP contribution in [0.15, 0.2) is 18.2 Å². The van der Waals surface area contributed by atoms with Crippen LogP contribution in [0, 0.1) is 6.92 Å². The summed E-state index contributed by atoms with van der Waals surface area (Å²) in [4.78, 5) is 11.9. The Morgan fingerprint density at radius 2 is 2.05 bits per heavy atom. The predicted octanol–water partition coefficient (Wildman–Crippen LogP) is 2.56. The second-order valence-corrected chi connectivity index (χ2v) is 5.04. The van der Waals surface area contributed by atoms with E-state index in [2.05, 4.69) is 10.6 Å². The lowest BCUT2D eigenvalue weighted by Crippen LogP contribution is -2.42. The quantitative estimate of drug-likeness (QED) is 0.847. The highest BCUT2D eigenvalue weighted by molar-refractivity contribution is 6.32. The van der Waals surface area contributed by atoms with Crippen LogP contribution in [0.2, 0.25) is 5.02 Å². The molecule has 4 nitrogen and oxygen atoms in total. The first-order valence-electron chi connectivity index (χ1n) is 6.31. The Morgan fingerprint density at radius 3 is 2.65 bits per heavy atom. The molecular weight excluding hydrogens is 299 g/mol. The Morgan fingerprint density at radius 1 is 1.40 bits per heavy atom. The minimum atomic E-state index is -0.580.